The third-order valence-electron chi connectivity index (χ3n) is 3.91. The van der Waals surface area contributed by atoms with Gasteiger partial charge in [-0.2, -0.15) is 0 Å². The highest BCUT2D eigenvalue weighted by molar-refractivity contribution is 6.00. The van der Waals surface area contributed by atoms with Gasteiger partial charge in [-0.25, -0.2) is 9.18 Å². The van der Waals surface area contributed by atoms with Crippen molar-refractivity contribution in [2.45, 2.75) is 33.2 Å². The number of carbonyl (C=O) groups is 2. The van der Waals surface area contributed by atoms with E-state index < -0.39 is 6.04 Å². The molecule has 0 aromatic heterocycles. The van der Waals surface area contributed by atoms with Crippen LogP contribution in [0.25, 0.3) is 0 Å². The highest BCUT2D eigenvalue weighted by atomic mass is 19.1. The van der Waals surface area contributed by atoms with Crippen LogP contribution >= 0.6 is 0 Å². The quantitative estimate of drug-likeness (QED) is 0.931. The molecule has 1 saturated heterocycles. The molecule has 1 aromatic rings. The van der Waals surface area contributed by atoms with Gasteiger partial charge in [0.15, 0.2) is 0 Å². The van der Waals surface area contributed by atoms with Crippen molar-refractivity contribution in [1.29, 1.82) is 0 Å². The topological polar surface area (TPSA) is 52.7 Å². The van der Waals surface area contributed by atoms with Crippen molar-refractivity contribution in [1.82, 2.24) is 10.2 Å². The molecule has 1 aliphatic rings. The van der Waals surface area contributed by atoms with Gasteiger partial charge in [0.05, 0.1) is 0 Å². The minimum atomic E-state index is -0.560. The summed E-state index contributed by atoms with van der Waals surface area (Å²) >= 11 is 0. The number of rotatable bonds is 3. The number of halogens is 1. The largest absolute Gasteiger partial charge is 0.338 e. The number of nitrogens with zero attached hydrogens (tertiary/aromatic N) is 2. The smallest absolute Gasteiger partial charge is 0.318 e. The zero-order valence-corrected chi connectivity index (χ0v) is 13.2. The minimum absolute atomic E-state index is 0.193. The lowest BCUT2D eigenvalue weighted by atomic mass is 10.1. The first-order chi connectivity index (χ1) is 10.5. The molecule has 1 fully saturated rings. The van der Waals surface area contributed by atoms with Crippen LogP contribution in [-0.4, -0.2) is 42.5 Å². The number of amides is 3. The summed E-state index contributed by atoms with van der Waals surface area (Å²) < 4.78 is 13.7. The molecule has 2 rings (SSSR count). The fraction of sp³-hybridized carbons (Fsp3) is 0.500. The summed E-state index contributed by atoms with van der Waals surface area (Å²) in [6.07, 6.45) is 0.844. The third-order valence-corrected chi connectivity index (χ3v) is 3.91. The monoisotopic (exact) mass is 307 g/mol. The summed E-state index contributed by atoms with van der Waals surface area (Å²) in [6, 6.07) is 3.97. The van der Waals surface area contributed by atoms with Crippen molar-refractivity contribution >= 4 is 17.6 Å². The van der Waals surface area contributed by atoms with E-state index in [0.29, 0.717) is 30.9 Å². The van der Waals surface area contributed by atoms with Gasteiger partial charge in [-0.1, -0.05) is 13.0 Å². The molecule has 1 aliphatic heterocycles. The first-order valence-corrected chi connectivity index (χ1v) is 7.57. The average molecular weight is 307 g/mol. The van der Waals surface area contributed by atoms with E-state index in [2.05, 4.69) is 5.32 Å². The van der Waals surface area contributed by atoms with Gasteiger partial charge in [-0.3, -0.25) is 4.79 Å². The number of aryl methyl sites for hydroxylation is 1. The average Bonchev–Trinajstić information content (AvgIpc) is 2.50. The van der Waals surface area contributed by atoms with Crippen molar-refractivity contribution in [3.8, 4) is 0 Å². The minimum Gasteiger partial charge on any atom is -0.338 e. The number of benzene rings is 1. The predicted octanol–water partition coefficient (Wildman–Crippen LogP) is 2.29. The highest BCUT2D eigenvalue weighted by Gasteiger charge is 2.34. The van der Waals surface area contributed by atoms with Crippen LogP contribution in [0.5, 0.6) is 0 Å². The van der Waals surface area contributed by atoms with Gasteiger partial charge in [-0.15, -0.1) is 0 Å². The Morgan fingerprint density at radius 3 is 2.77 bits per heavy atom. The van der Waals surface area contributed by atoms with Gasteiger partial charge in [0.2, 0.25) is 5.91 Å². The van der Waals surface area contributed by atoms with Gasteiger partial charge in [0.1, 0.15) is 11.9 Å². The number of hydrogen-bond donors (Lipinski definition) is 1. The second-order valence-electron chi connectivity index (χ2n) is 5.52. The zero-order chi connectivity index (χ0) is 16.3. The van der Waals surface area contributed by atoms with Gasteiger partial charge < -0.3 is 15.1 Å². The molecule has 120 valence electrons. The van der Waals surface area contributed by atoms with Gasteiger partial charge in [0.25, 0.3) is 0 Å². The number of urea groups is 1. The summed E-state index contributed by atoms with van der Waals surface area (Å²) in [5.74, 6) is -0.526. The van der Waals surface area contributed by atoms with Gasteiger partial charge in [-0.05, 0) is 38.0 Å². The Morgan fingerprint density at radius 2 is 2.14 bits per heavy atom. The van der Waals surface area contributed by atoms with Crippen LogP contribution in [0, 0.1) is 12.7 Å². The van der Waals surface area contributed by atoms with Crippen LogP contribution in [0.2, 0.25) is 0 Å². The van der Waals surface area contributed by atoms with Crippen molar-refractivity contribution in [3.63, 3.8) is 0 Å². The number of piperazine rings is 1. The van der Waals surface area contributed by atoms with E-state index in [1.165, 1.54) is 15.9 Å². The summed E-state index contributed by atoms with van der Waals surface area (Å²) in [7, 11) is 0. The third kappa shape index (κ3) is 3.21. The molecule has 1 atom stereocenters. The number of nitrogens with one attached hydrogen (secondary N) is 1. The van der Waals surface area contributed by atoms with E-state index in [4.69, 9.17) is 0 Å². The van der Waals surface area contributed by atoms with Crippen LogP contribution in [-0.2, 0) is 4.79 Å². The van der Waals surface area contributed by atoms with Gasteiger partial charge in [0, 0.05) is 25.3 Å². The molecule has 0 spiro atoms. The lowest BCUT2D eigenvalue weighted by Crippen LogP contribution is -2.59. The van der Waals surface area contributed by atoms with E-state index in [1.807, 2.05) is 6.92 Å². The molecule has 0 saturated carbocycles. The van der Waals surface area contributed by atoms with Crippen LogP contribution in [0.15, 0.2) is 18.2 Å². The SMILES string of the molecule is CCCNC(=O)N1CCN(c2ccc(C)c(F)c2)C(=O)C1C. The summed E-state index contributed by atoms with van der Waals surface area (Å²) in [5.41, 5.74) is 1.08. The molecule has 6 heteroatoms. The Kier molecular flexibility index (Phi) is 5.00. The Morgan fingerprint density at radius 1 is 1.41 bits per heavy atom. The molecular weight excluding hydrogens is 285 g/mol. The molecule has 0 radical (unpaired) electrons. The second-order valence-corrected chi connectivity index (χ2v) is 5.52. The lowest BCUT2D eigenvalue weighted by molar-refractivity contribution is -0.124. The first kappa shape index (κ1) is 16.3. The first-order valence-electron chi connectivity index (χ1n) is 7.57. The van der Waals surface area contributed by atoms with E-state index in [9.17, 15) is 14.0 Å². The molecule has 0 aliphatic carbocycles. The van der Waals surface area contributed by atoms with Crippen LogP contribution < -0.4 is 10.2 Å². The molecule has 1 unspecified atom stereocenters. The summed E-state index contributed by atoms with van der Waals surface area (Å²) in [4.78, 5) is 27.6. The molecule has 3 amide bonds. The van der Waals surface area contributed by atoms with Crippen molar-refractivity contribution in [3.05, 3.63) is 29.6 Å². The molecule has 1 aromatic carbocycles. The standard InChI is InChI=1S/C16H22FN3O2/c1-4-7-18-16(22)19-8-9-20(15(21)12(19)3)13-6-5-11(2)14(17)10-13/h5-6,10,12H,4,7-9H2,1-3H3,(H,18,22). The van der Waals surface area contributed by atoms with Crippen molar-refractivity contribution < 1.29 is 14.0 Å². The Balaban J connectivity index is 2.12. The van der Waals surface area contributed by atoms with E-state index in [0.717, 1.165) is 6.42 Å². The molecule has 0 bridgehead atoms. The van der Waals surface area contributed by atoms with Crippen LogP contribution in [0.3, 0.4) is 0 Å². The van der Waals surface area contributed by atoms with E-state index in [-0.39, 0.29) is 17.8 Å². The summed E-state index contributed by atoms with van der Waals surface area (Å²) in [6.45, 7) is 6.73. The molecule has 22 heavy (non-hydrogen) atoms. The van der Waals surface area contributed by atoms with Gasteiger partial charge >= 0.3 is 6.03 Å². The lowest BCUT2D eigenvalue weighted by Gasteiger charge is -2.39. The predicted molar refractivity (Wildman–Crippen MR) is 83.3 cm³/mol. The normalized spacial score (nSPS) is 18.5. The Labute approximate surface area is 130 Å². The molecule has 1 N–H and O–H groups in total. The van der Waals surface area contributed by atoms with E-state index >= 15 is 0 Å². The maximum absolute atomic E-state index is 13.7. The Hall–Kier alpha value is -2.11. The maximum atomic E-state index is 13.7. The number of hydrogen-bond acceptors (Lipinski definition) is 2. The van der Waals surface area contributed by atoms with Crippen LogP contribution in [0.4, 0.5) is 14.9 Å². The zero-order valence-electron chi connectivity index (χ0n) is 13.2. The molecule has 1 heterocycles. The second kappa shape index (κ2) is 6.77. The molecular formula is C16H22FN3O2. The highest BCUT2D eigenvalue weighted by Crippen LogP contribution is 2.22. The maximum Gasteiger partial charge on any atom is 0.318 e. The Bertz CT molecular complexity index is 577. The fourth-order valence-electron chi connectivity index (χ4n) is 2.49. The van der Waals surface area contributed by atoms with E-state index in [1.54, 1.807) is 26.0 Å². The molecule has 5 nitrogen and oxygen atoms in total. The van der Waals surface area contributed by atoms with Crippen molar-refractivity contribution in [2.75, 3.05) is 24.5 Å². The fourth-order valence-corrected chi connectivity index (χ4v) is 2.49. The number of carbonyl (C=O) groups excluding carboxylic acids is 2. The number of anilines is 1. The van der Waals surface area contributed by atoms with Crippen LogP contribution in [0.1, 0.15) is 25.8 Å². The van der Waals surface area contributed by atoms with Crippen molar-refractivity contribution in [2.24, 2.45) is 0 Å². The summed E-state index contributed by atoms with van der Waals surface area (Å²) in [5, 5.41) is 2.78.